The van der Waals surface area contributed by atoms with Crippen molar-refractivity contribution in [3.63, 3.8) is 0 Å². The second-order valence-electron chi connectivity index (χ2n) is 8.16. The molecule has 0 saturated carbocycles. The second-order valence-corrected chi connectivity index (χ2v) is 9.16. The van der Waals surface area contributed by atoms with E-state index in [1.54, 1.807) is 17.3 Å². The van der Waals surface area contributed by atoms with Gasteiger partial charge in [-0.3, -0.25) is 19.7 Å². The van der Waals surface area contributed by atoms with Crippen LogP contribution in [0.25, 0.3) is 0 Å². The van der Waals surface area contributed by atoms with Gasteiger partial charge in [-0.05, 0) is 50.8 Å². The molecule has 1 aromatic heterocycles. The van der Waals surface area contributed by atoms with E-state index in [9.17, 15) is 9.59 Å². The Morgan fingerprint density at radius 3 is 2.77 bits per heavy atom. The number of hydrogen-bond donors (Lipinski definition) is 1. The summed E-state index contributed by atoms with van der Waals surface area (Å²) in [6.45, 7) is 6.84. The van der Waals surface area contributed by atoms with E-state index in [1.807, 2.05) is 44.0 Å². The van der Waals surface area contributed by atoms with Gasteiger partial charge in [0, 0.05) is 36.7 Å². The minimum Gasteiger partial charge on any atom is -0.444 e. The summed E-state index contributed by atoms with van der Waals surface area (Å²) >= 11 is 1.52. The van der Waals surface area contributed by atoms with Crippen molar-refractivity contribution in [3.05, 3.63) is 46.9 Å². The predicted octanol–water partition coefficient (Wildman–Crippen LogP) is 2.19. The Labute approximate surface area is 179 Å². The highest BCUT2D eigenvalue weighted by molar-refractivity contribution is 8.17. The highest BCUT2D eigenvalue weighted by Crippen LogP contribution is 2.36. The quantitative estimate of drug-likeness (QED) is 0.770. The van der Waals surface area contributed by atoms with E-state index in [0.717, 1.165) is 21.3 Å². The van der Waals surface area contributed by atoms with Crippen LogP contribution in [0.4, 0.5) is 10.5 Å². The third kappa shape index (κ3) is 4.28. The fraction of sp³-hybridized carbons (Fsp3) is 0.400. The summed E-state index contributed by atoms with van der Waals surface area (Å²) in [6, 6.07) is 1.84. The molecular weight excluding hydrogens is 404 g/mol. The molecule has 30 heavy (non-hydrogen) atoms. The topological polar surface area (TPSA) is 104 Å². The first-order valence-corrected chi connectivity index (χ1v) is 10.5. The lowest BCUT2D eigenvalue weighted by molar-refractivity contribution is -0.133. The lowest BCUT2D eigenvalue weighted by Gasteiger charge is -2.36. The van der Waals surface area contributed by atoms with Gasteiger partial charge in [-0.1, -0.05) is 0 Å². The van der Waals surface area contributed by atoms with Gasteiger partial charge in [-0.25, -0.2) is 4.79 Å². The molecule has 1 fully saturated rings. The van der Waals surface area contributed by atoms with Crippen LogP contribution in [0.5, 0.6) is 0 Å². The smallest absolute Gasteiger partial charge is 0.410 e. The van der Waals surface area contributed by atoms with E-state index in [1.165, 1.54) is 16.7 Å². The number of hydrogen-bond acceptors (Lipinski definition) is 8. The van der Waals surface area contributed by atoms with Crippen molar-refractivity contribution in [3.8, 4) is 0 Å². The Morgan fingerprint density at radius 1 is 1.27 bits per heavy atom. The molecule has 1 aromatic rings. The number of carbonyl (C=O) groups excluding carboxylic acids is 2. The van der Waals surface area contributed by atoms with Crippen LogP contribution >= 0.6 is 11.8 Å². The molecule has 0 aliphatic carbocycles. The summed E-state index contributed by atoms with van der Waals surface area (Å²) in [5, 5.41) is 8.26. The van der Waals surface area contributed by atoms with Gasteiger partial charge in [-0.15, -0.1) is 0 Å². The number of hydrazone groups is 1. The zero-order chi connectivity index (χ0) is 21.5. The fourth-order valence-corrected chi connectivity index (χ4v) is 4.21. The number of piperazine rings is 1. The molecule has 0 atom stereocenters. The maximum Gasteiger partial charge on any atom is 0.410 e. The number of pyridine rings is 1. The summed E-state index contributed by atoms with van der Waals surface area (Å²) in [5.74, 6) is -0.132. The van der Waals surface area contributed by atoms with Crippen LogP contribution in [0.15, 0.2) is 46.4 Å². The minimum absolute atomic E-state index is 0.00297. The number of nitrogens with two attached hydrogens (primary N) is 1. The number of carbonyl (C=O) groups is 2. The number of ether oxygens (including phenoxy) is 1. The first-order valence-electron chi connectivity index (χ1n) is 9.65. The van der Waals surface area contributed by atoms with Crippen molar-refractivity contribution in [2.75, 3.05) is 31.9 Å². The number of amides is 2. The third-order valence-corrected chi connectivity index (χ3v) is 5.65. The van der Waals surface area contributed by atoms with Crippen molar-refractivity contribution < 1.29 is 14.3 Å². The molecule has 3 aliphatic heterocycles. The van der Waals surface area contributed by atoms with Crippen molar-refractivity contribution in [2.45, 2.75) is 26.4 Å². The molecule has 0 unspecified atom stereocenters. The molecule has 4 heterocycles. The zero-order valence-corrected chi connectivity index (χ0v) is 18.0. The van der Waals surface area contributed by atoms with Crippen molar-refractivity contribution >= 4 is 34.5 Å². The van der Waals surface area contributed by atoms with Gasteiger partial charge >= 0.3 is 6.09 Å². The largest absolute Gasteiger partial charge is 0.444 e. The minimum atomic E-state index is -0.590. The standard InChI is InChI=1S/C20H24N6O3S/c1-20(2,3)29-19(28)24-6-7-25(16(27)12-24)15-4-5-26-17(9-15)30-18(23-26)13-8-14(21)11-22-10-13/h4,8-11H,5-7,12,21H2,1-3H3. The van der Waals surface area contributed by atoms with E-state index < -0.39 is 11.7 Å². The first-order chi connectivity index (χ1) is 14.2. The molecule has 9 nitrogen and oxygen atoms in total. The maximum atomic E-state index is 12.7. The summed E-state index contributed by atoms with van der Waals surface area (Å²) in [5.41, 5.74) is 7.51. The van der Waals surface area contributed by atoms with Gasteiger partial charge in [0.2, 0.25) is 5.91 Å². The monoisotopic (exact) mass is 428 g/mol. The third-order valence-electron chi connectivity index (χ3n) is 4.60. The Kier molecular flexibility index (Phi) is 5.19. The molecule has 0 spiro atoms. The maximum absolute atomic E-state index is 12.7. The van der Waals surface area contributed by atoms with E-state index in [4.69, 9.17) is 10.5 Å². The molecular formula is C20H24N6O3S. The number of anilines is 1. The summed E-state index contributed by atoms with van der Waals surface area (Å²) in [4.78, 5) is 32.3. The zero-order valence-electron chi connectivity index (χ0n) is 17.2. The van der Waals surface area contributed by atoms with E-state index >= 15 is 0 Å². The molecule has 4 rings (SSSR count). The number of nitrogen functional groups attached to an aromatic ring is 1. The highest BCUT2D eigenvalue weighted by Gasteiger charge is 2.33. The molecule has 10 heteroatoms. The van der Waals surface area contributed by atoms with Crippen LogP contribution in [0, 0.1) is 0 Å². The van der Waals surface area contributed by atoms with Crippen LogP contribution in [0.2, 0.25) is 0 Å². The fourth-order valence-electron chi connectivity index (χ4n) is 3.24. The Hall–Kier alpha value is -3.01. The number of nitrogens with zero attached hydrogens (tertiary/aromatic N) is 5. The number of thioether (sulfide) groups is 1. The van der Waals surface area contributed by atoms with E-state index in [2.05, 4.69) is 10.1 Å². The average molecular weight is 429 g/mol. The highest BCUT2D eigenvalue weighted by atomic mass is 32.2. The molecule has 158 valence electrons. The van der Waals surface area contributed by atoms with E-state index in [-0.39, 0.29) is 12.5 Å². The van der Waals surface area contributed by atoms with Gasteiger partial charge in [0.15, 0.2) is 0 Å². The predicted molar refractivity (Wildman–Crippen MR) is 115 cm³/mol. The normalized spacial score (nSPS) is 19.2. The molecule has 1 saturated heterocycles. The van der Waals surface area contributed by atoms with Gasteiger partial charge in [0.1, 0.15) is 22.2 Å². The summed E-state index contributed by atoms with van der Waals surface area (Å²) in [6.07, 6.45) is 6.78. The van der Waals surface area contributed by atoms with Crippen molar-refractivity contribution in [1.82, 2.24) is 19.8 Å². The lowest BCUT2D eigenvalue weighted by Crippen LogP contribution is -2.52. The first kappa shape index (κ1) is 20.3. The molecule has 0 bridgehead atoms. The molecule has 0 aromatic carbocycles. The summed E-state index contributed by atoms with van der Waals surface area (Å²) in [7, 11) is 0. The SMILES string of the molecule is CC(C)(C)OC(=O)N1CCN(C2=CCN3N=C(c4cncc(N)c4)SC3=C2)C(=O)C1. The van der Waals surface area contributed by atoms with E-state index in [0.29, 0.717) is 25.3 Å². The van der Waals surface area contributed by atoms with Crippen LogP contribution in [-0.4, -0.2) is 68.6 Å². The molecule has 2 amide bonds. The van der Waals surface area contributed by atoms with Crippen LogP contribution in [-0.2, 0) is 9.53 Å². The van der Waals surface area contributed by atoms with Crippen LogP contribution < -0.4 is 5.73 Å². The number of rotatable bonds is 2. The van der Waals surface area contributed by atoms with Gasteiger partial charge in [-0.2, -0.15) is 5.10 Å². The van der Waals surface area contributed by atoms with Crippen molar-refractivity contribution in [2.24, 2.45) is 5.10 Å². The van der Waals surface area contributed by atoms with Gasteiger partial charge in [0.25, 0.3) is 0 Å². The second kappa shape index (κ2) is 7.67. The number of allylic oxidation sites excluding steroid dienone is 1. The molecule has 3 aliphatic rings. The van der Waals surface area contributed by atoms with Gasteiger partial charge < -0.3 is 15.4 Å². The van der Waals surface area contributed by atoms with Crippen molar-refractivity contribution in [1.29, 1.82) is 0 Å². The summed E-state index contributed by atoms with van der Waals surface area (Å²) < 4.78 is 5.38. The van der Waals surface area contributed by atoms with Gasteiger partial charge in [0.05, 0.1) is 12.2 Å². The lowest BCUT2D eigenvalue weighted by atomic mass is 10.2. The molecule has 2 N–H and O–H groups in total. The average Bonchev–Trinajstić information content (AvgIpc) is 3.10. The number of fused-ring (bicyclic) bond motifs is 1. The Bertz CT molecular complexity index is 981. The van der Waals surface area contributed by atoms with Crippen LogP contribution in [0.3, 0.4) is 0 Å². The van der Waals surface area contributed by atoms with Crippen LogP contribution in [0.1, 0.15) is 26.3 Å². The Balaban J connectivity index is 1.41. The molecule has 0 radical (unpaired) electrons. The Morgan fingerprint density at radius 2 is 2.07 bits per heavy atom. The number of aromatic nitrogens is 1.